The van der Waals surface area contributed by atoms with E-state index >= 15 is 0 Å². The van der Waals surface area contributed by atoms with Crippen molar-refractivity contribution in [3.8, 4) is 5.75 Å². The molecule has 0 aliphatic rings. The van der Waals surface area contributed by atoms with E-state index in [1.165, 1.54) is 5.56 Å². The molecule has 0 unspecified atom stereocenters. The van der Waals surface area contributed by atoms with Gasteiger partial charge in [0.15, 0.2) is 0 Å². The van der Waals surface area contributed by atoms with Crippen LogP contribution >= 0.6 is 0 Å². The molecule has 20 heavy (non-hydrogen) atoms. The van der Waals surface area contributed by atoms with Gasteiger partial charge in [0.25, 0.3) is 0 Å². The van der Waals surface area contributed by atoms with Gasteiger partial charge in [-0.2, -0.15) is 0 Å². The molecule has 0 fully saturated rings. The predicted molar refractivity (Wildman–Crippen MR) is 77.9 cm³/mol. The summed E-state index contributed by atoms with van der Waals surface area (Å²) in [5, 5.41) is 0. The van der Waals surface area contributed by atoms with Crippen molar-refractivity contribution in [1.82, 2.24) is 0 Å². The van der Waals surface area contributed by atoms with Gasteiger partial charge in [-0.15, -0.1) is 0 Å². The zero-order chi connectivity index (χ0) is 14.4. The monoisotopic (exact) mass is 270 g/mol. The standard InChI is InChI=1S/C17H18O3/c1-3-13-7-9-15(10-8-13)17(18)20-12-14-5-4-6-16(11-14)19-2/h4-11H,3,12H2,1-2H3. The number of hydrogen-bond acceptors (Lipinski definition) is 3. The molecular formula is C17H18O3. The Labute approximate surface area is 119 Å². The van der Waals surface area contributed by atoms with Gasteiger partial charge in [-0.25, -0.2) is 4.79 Å². The van der Waals surface area contributed by atoms with Crippen molar-refractivity contribution in [3.05, 3.63) is 65.2 Å². The van der Waals surface area contributed by atoms with Crippen LogP contribution in [0.4, 0.5) is 0 Å². The van der Waals surface area contributed by atoms with Crippen molar-refractivity contribution in [1.29, 1.82) is 0 Å². The molecule has 0 saturated heterocycles. The molecule has 2 rings (SSSR count). The third kappa shape index (κ3) is 3.60. The maximum absolute atomic E-state index is 11.9. The van der Waals surface area contributed by atoms with Gasteiger partial charge < -0.3 is 9.47 Å². The highest BCUT2D eigenvalue weighted by Crippen LogP contribution is 2.14. The highest BCUT2D eigenvalue weighted by Gasteiger charge is 2.07. The van der Waals surface area contributed by atoms with Gasteiger partial charge in [0.05, 0.1) is 12.7 Å². The highest BCUT2D eigenvalue weighted by atomic mass is 16.5. The van der Waals surface area contributed by atoms with E-state index in [1.54, 1.807) is 19.2 Å². The Morgan fingerprint density at radius 1 is 1.05 bits per heavy atom. The summed E-state index contributed by atoms with van der Waals surface area (Å²) >= 11 is 0. The molecule has 0 aromatic heterocycles. The molecule has 0 radical (unpaired) electrons. The summed E-state index contributed by atoms with van der Waals surface area (Å²) in [6.45, 7) is 2.32. The van der Waals surface area contributed by atoms with Gasteiger partial charge in [0, 0.05) is 0 Å². The zero-order valence-corrected chi connectivity index (χ0v) is 11.8. The minimum absolute atomic E-state index is 0.242. The van der Waals surface area contributed by atoms with Crippen LogP contribution in [0.5, 0.6) is 5.75 Å². The van der Waals surface area contributed by atoms with Crippen LogP contribution in [0, 0.1) is 0 Å². The van der Waals surface area contributed by atoms with Crippen molar-refractivity contribution in [3.63, 3.8) is 0 Å². The van der Waals surface area contributed by atoms with Crippen molar-refractivity contribution in [2.75, 3.05) is 7.11 Å². The number of benzene rings is 2. The van der Waals surface area contributed by atoms with Crippen LogP contribution in [0.15, 0.2) is 48.5 Å². The van der Waals surface area contributed by atoms with Crippen LogP contribution in [-0.4, -0.2) is 13.1 Å². The molecule has 0 atom stereocenters. The van der Waals surface area contributed by atoms with Gasteiger partial charge >= 0.3 is 5.97 Å². The van der Waals surface area contributed by atoms with Crippen LogP contribution in [0.25, 0.3) is 0 Å². The summed E-state index contributed by atoms with van der Waals surface area (Å²) in [6.07, 6.45) is 0.957. The lowest BCUT2D eigenvalue weighted by Crippen LogP contribution is -2.05. The second-order valence-corrected chi connectivity index (χ2v) is 4.48. The smallest absolute Gasteiger partial charge is 0.338 e. The first kappa shape index (κ1) is 14.1. The lowest BCUT2D eigenvalue weighted by molar-refractivity contribution is 0.0472. The quantitative estimate of drug-likeness (QED) is 0.778. The Balaban J connectivity index is 1.97. The minimum atomic E-state index is -0.310. The zero-order valence-electron chi connectivity index (χ0n) is 11.8. The number of methoxy groups -OCH3 is 1. The largest absolute Gasteiger partial charge is 0.497 e. The summed E-state index contributed by atoms with van der Waals surface area (Å²) in [7, 11) is 1.61. The van der Waals surface area contributed by atoms with Crippen LogP contribution in [0.3, 0.4) is 0 Å². The van der Waals surface area contributed by atoms with Crippen molar-refractivity contribution >= 4 is 5.97 Å². The highest BCUT2D eigenvalue weighted by molar-refractivity contribution is 5.89. The number of carbonyl (C=O) groups excluding carboxylic acids is 1. The molecule has 0 heterocycles. The van der Waals surface area contributed by atoms with Gasteiger partial charge in [0.1, 0.15) is 12.4 Å². The van der Waals surface area contributed by atoms with Crippen LogP contribution < -0.4 is 4.74 Å². The van der Waals surface area contributed by atoms with Gasteiger partial charge in [-0.05, 0) is 41.8 Å². The SMILES string of the molecule is CCc1ccc(C(=O)OCc2cccc(OC)c2)cc1. The molecule has 0 bridgehead atoms. The van der Waals surface area contributed by atoms with Gasteiger partial charge in [0.2, 0.25) is 0 Å². The fourth-order valence-electron chi connectivity index (χ4n) is 1.87. The van der Waals surface area contributed by atoms with Crippen molar-refractivity contribution < 1.29 is 14.3 Å². The second kappa shape index (κ2) is 6.75. The Kier molecular flexibility index (Phi) is 4.77. The fraction of sp³-hybridized carbons (Fsp3) is 0.235. The summed E-state index contributed by atoms with van der Waals surface area (Å²) in [6, 6.07) is 15.0. The summed E-state index contributed by atoms with van der Waals surface area (Å²) in [5.41, 5.74) is 2.68. The van der Waals surface area contributed by atoms with Gasteiger partial charge in [-0.1, -0.05) is 31.2 Å². The van der Waals surface area contributed by atoms with E-state index in [-0.39, 0.29) is 12.6 Å². The molecular weight excluding hydrogens is 252 g/mol. The first-order chi connectivity index (χ1) is 9.72. The topological polar surface area (TPSA) is 35.5 Å². The van der Waals surface area contributed by atoms with E-state index < -0.39 is 0 Å². The number of aryl methyl sites for hydroxylation is 1. The minimum Gasteiger partial charge on any atom is -0.497 e. The van der Waals surface area contributed by atoms with Crippen molar-refractivity contribution in [2.45, 2.75) is 20.0 Å². The van der Waals surface area contributed by atoms with Crippen molar-refractivity contribution in [2.24, 2.45) is 0 Å². The predicted octanol–water partition coefficient (Wildman–Crippen LogP) is 3.61. The Hall–Kier alpha value is -2.29. The van der Waals surface area contributed by atoms with Crippen LogP contribution in [0.1, 0.15) is 28.4 Å². The number of carbonyl (C=O) groups is 1. The maximum Gasteiger partial charge on any atom is 0.338 e. The van der Waals surface area contributed by atoms with Crippen LogP contribution in [0.2, 0.25) is 0 Å². The van der Waals surface area contributed by atoms with E-state index in [1.807, 2.05) is 36.4 Å². The molecule has 3 nitrogen and oxygen atoms in total. The summed E-state index contributed by atoms with van der Waals surface area (Å²) in [4.78, 5) is 11.9. The molecule has 0 saturated carbocycles. The maximum atomic E-state index is 11.9. The first-order valence-corrected chi connectivity index (χ1v) is 6.62. The van der Waals surface area contributed by atoms with Gasteiger partial charge in [-0.3, -0.25) is 0 Å². The van der Waals surface area contributed by atoms with E-state index in [4.69, 9.17) is 9.47 Å². The molecule has 3 heteroatoms. The van der Waals surface area contributed by atoms with E-state index in [9.17, 15) is 4.79 Å². The molecule has 0 aliphatic heterocycles. The first-order valence-electron chi connectivity index (χ1n) is 6.62. The Bertz CT molecular complexity index is 573. The number of hydrogen-bond donors (Lipinski definition) is 0. The van der Waals surface area contributed by atoms with E-state index in [0.29, 0.717) is 5.56 Å². The lowest BCUT2D eigenvalue weighted by Gasteiger charge is -2.07. The second-order valence-electron chi connectivity index (χ2n) is 4.48. The Morgan fingerprint density at radius 3 is 2.45 bits per heavy atom. The Morgan fingerprint density at radius 2 is 1.80 bits per heavy atom. The molecule has 2 aromatic rings. The third-order valence-electron chi connectivity index (χ3n) is 3.10. The molecule has 0 N–H and O–H groups in total. The molecule has 0 amide bonds. The summed E-state index contributed by atoms with van der Waals surface area (Å²) < 4.78 is 10.4. The molecule has 0 spiro atoms. The molecule has 2 aromatic carbocycles. The molecule has 0 aliphatic carbocycles. The average Bonchev–Trinajstić information content (AvgIpc) is 2.53. The molecule has 104 valence electrons. The number of ether oxygens (including phenoxy) is 2. The third-order valence-corrected chi connectivity index (χ3v) is 3.10. The number of esters is 1. The number of rotatable bonds is 5. The summed E-state index contributed by atoms with van der Waals surface area (Å²) in [5.74, 6) is 0.446. The van der Waals surface area contributed by atoms with E-state index in [0.717, 1.165) is 17.7 Å². The normalized spacial score (nSPS) is 10.1. The van der Waals surface area contributed by atoms with Crippen LogP contribution in [-0.2, 0) is 17.8 Å². The fourth-order valence-corrected chi connectivity index (χ4v) is 1.87. The average molecular weight is 270 g/mol. The lowest BCUT2D eigenvalue weighted by atomic mass is 10.1. The van der Waals surface area contributed by atoms with E-state index in [2.05, 4.69) is 6.92 Å².